The molecule has 0 amide bonds. The van der Waals surface area contributed by atoms with Gasteiger partial charge in [-0.3, -0.25) is 0 Å². The van der Waals surface area contributed by atoms with Crippen LogP contribution < -0.4 is 0 Å². The Balaban J connectivity index is 3.71. The molecule has 0 fully saturated rings. The lowest BCUT2D eigenvalue weighted by Gasteiger charge is -2.02. The van der Waals surface area contributed by atoms with E-state index in [0.29, 0.717) is 0 Å². The second-order valence-electron chi connectivity index (χ2n) is 6.35. The van der Waals surface area contributed by atoms with Crippen LogP contribution in [0.5, 0.6) is 0 Å². The van der Waals surface area contributed by atoms with E-state index in [0.717, 1.165) is 0 Å². The Morgan fingerprint density at radius 2 is 1.19 bits per heavy atom. The summed E-state index contributed by atoms with van der Waals surface area (Å²) in [5, 5.41) is 0. The highest BCUT2D eigenvalue weighted by atomic mass is 127. The van der Waals surface area contributed by atoms with Gasteiger partial charge in [0, 0.05) is 0 Å². The molecule has 0 aliphatic carbocycles. The summed E-state index contributed by atoms with van der Waals surface area (Å²) in [5.74, 6) is 0. The molecule has 0 heterocycles. The summed E-state index contributed by atoms with van der Waals surface area (Å²) in [7, 11) is 0. The predicted octanol–water partition coefficient (Wildman–Crippen LogP) is 7.79. The molecular weight excluding hydrogens is 367 g/mol. The van der Waals surface area contributed by atoms with Gasteiger partial charge < -0.3 is 0 Å². The average molecular weight is 402 g/mol. The van der Waals surface area contributed by atoms with Crippen molar-refractivity contribution in [2.24, 2.45) is 0 Å². The van der Waals surface area contributed by atoms with Gasteiger partial charge in [-0.1, -0.05) is 70.4 Å². The summed E-state index contributed by atoms with van der Waals surface area (Å²) >= 11 is 2.47. The van der Waals surface area contributed by atoms with Crippen LogP contribution in [0.25, 0.3) is 0 Å². The van der Waals surface area contributed by atoms with E-state index in [2.05, 4.69) is 68.5 Å². The number of unbranched alkanes of at least 4 members (excludes halogenated alkanes) is 4. The van der Waals surface area contributed by atoms with Gasteiger partial charge in [-0.15, -0.1) is 0 Å². The smallest absolute Gasteiger partial charge is 0.000473 e. The molecule has 0 aromatic rings. The topological polar surface area (TPSA) is 0 Å². The summed E-state index contributed by atoms with van der Waals surface area (Å²) in [6.45, 7) is 8.91. The first kappa shape index (κ1) is 20.9. The van der Waals surface area contributed by atoms with E-state index in [-0.39, 0.29) is 0 Å². The third-order valence-corrected chi connectivity index (χ3v) is 4.47. The number of allylic oxidation sites excluding steroid dienone is 6. The van der Waals surface area contributed by atoms with Crippen LogP contribution in [0.3, 0.4) is 0 Å². The summed E-state index contributed by atoms with van der Waals surface area (Å²) in [6, 6.07) is 0. The van der Waals surface area contributed by atoms with E-state index in [1.165, 1.54) is 67.8 Å². The van der Waals surface area contributed by atoms with Crippen LogP contribution in [0.15, 0.2) is 34.9 Å². The SMILES string of the molecule is CC(C)=CCCC(C)=CCCC(C)=CCCCCCCI. The maximum atomic E-state index is 2.47. The van der Waals surface area contributed by atoms with Crippen LogP contribution >= 0.6 is 22.6 Å². The average Bonchev–Trinajstić information content (AvgIpc) is 2.42. The van der Waals surface area contributed by atoms with E-state index < -0.39 is 0 Å². The number of halogens is 1. The quantitative estimate of drug-likeness (QED) is 0.135. The molecule has 0 nitrogen and oxygen atoms in total. The first-order valence-electron chi connectivity index (χ1n) is 8.57. The Morgan fingerprint density at radius 3 is 1.76 bits per heavy atom. The first-order valence-corrected chi connectivity index (χ1v) is 10.1. The molecule has 0 saturated heterocycles. The van der Waals surface area contributed by atoms with Crippen molar-refractivity contribution < 1.29 is 0 Å². The van der Waals surface area contributed by atoms with Crippen LogP contribution in [0.1, 0.15) is 85.5 Å². The minimum Gasteiger partial charge on any atom is -0.0864 e. The molecule has 122 valence electrons. The molecule has 0 N–H and O–H groups in total. The maximum absolute atomic E-state index is 2.47. The normalized spacial score (nSPS) is 12.6. The lowest BCUT2D eigenvalue weighted by molar-refractivity contribution is 0.679. The van der Waals surface area contributed by atoms with Crippen molar-refractivity contribution in [1.29, 1.82) is 0 Å². The Hall–Kier alpha value is -0.0500. The molecule has 0 radical (unpaired) electrons. The lowest BCUT2D eigenvalue weighted by Crippen LogP contribution is -1.82. The second-order valence-corrected chi connectivity index (χ2v) is 7.43. The highest BCUT2D eigenvalue weighted by molar-refractivity contribution is 14.1. The van der Waals surface area contributed by atoms with Gasteiger partial charge in [0.15, 0.2) is 0 Å². The molecule has 21 heavy (non-hydrogen) atoms. The molecule has 0 aliphatic heterocycles. The van der Waals surface area contributed by atoms with Crippen LogP contribution in [0.4, 0.5) is 0 Å². The lowest BCUT2D eigenvalue weighted by atomic mass is 10.0. The molecule has 0 atom stereocenters. The van der Waals surface area contributed by atoms with Gasteiger partial charge in [0.2, 0.25) is 0 Å². The summed E-state index contributed by atoms with van der Waals surface area (Å²) in [6.07, 6.45) is 18.9. The third-order valence-electron chi connectivity index (χ3n) is 3.70. The minimum atomic E-state index is 1.19. The zero-order valence-electron chi connectivity index (χ0n) is 14.7. The number of rotatable bonds is 12. The van der Waals surface area contributed by atoms with Gasteiger partial charge in [0.05, 0.1) is 0 Å². The third kappa shape index (κ3) is 16.2. The molecule has 0 aliphatic rings. The summed E-state index contributed by atoms with van der Waals surface area (Å²) < 4.78 is 1.31. The first-order chi connectivity index (χ1) is 10.1. The Kier molecular flexibility index (Phi) is 14.8. The van der Waals surface area contributed by atoms with Crippen LogP contribution in [0, 0.1) is 0 Å². The van der Waals surface area contributed by atoms with Gasteiger partial charge in [0.1, 0.15) is 0 Å². The number of hydrogen-bond donors (Lipinski definition) is 0. The van der Waals surface area contributed by atoms with E-state index in [9.17, 15) is 0 Å². The van der Waals surface area contributed by atoms with Crippen molar-refractivity contribution in [2.75, 3.05) is 4.43 Å². The second kappa shape index (κ2) is 14.9. The van der Waals surface area contributed by atoms with E-state index in [4.69, 9.17) is 0 Å². The number of alkyl halides is 1. The van der Waals surface area contributed by atoms with Crippen LogP contribution in [0.2, 0.25) is 0 Å². The van der Waals surface area contributed by atoms with Crippen molar-refractivity contribution in [3.63, 3.8) is 0 Å². The fourth-order valence-corrected chi connectivity index (χ4v) is 2.82. The van der Waals surface area contributed by atoms with Crippen molar-refractivity contribution in [1.82, 2.24) is 0 Å². The van der Waals surface area contributed by atoms with E-state index in [1.807, 2.05) is 0 Å². The maximum Gasteiger partial charge on any atom is -0.000473 e. The predicted molar refractivity (Wildman–Crippen MR) is 107 cm³/mol. The van der Waals surface area contributed by atoms with E-state index in [1.54, 1.807) is 11.1 Å². The largest absolute Gasteiger partial charge is 0.0864 e. The number of hydrogen-bond acceptors (Lipinski definition) is 0. The Labute approximate surface area is 147 Å². The van der Waals surface area contributed by atoms with Gasteiger partial charge >= 0.3 is 0 Å². The Bertz CT molecular complexity index is 330. The fraction of sp³-hybridized carbons (Fsp3) is 0.700. The zero-order chi connectivity index (χ0) is 15.9. The van der Waals surface area contributed by atoms with Crippen molar-refractivity contribution in [3.8, 4) is 0 Å². The van der Waals surface area contributed by atoms with Gasteiger partial charge in [-0.2, -0.15) is 0 Å². The summed E-state index contributed by atoms with van der Waals surface area (Å²) in [5.41, 5.74) is 4.54. The zero-order valence-corrected chi connectivity index (χ0v) is 16.8. The fourth-order valence-electron chi connectivity index (χ4n) is 2.28. The van der Waals surface area contributed by atoms with Crippen LogP contribution in [-0.4, -0.2) is 4.43 Å². The molecule has 0 aromatic heterocycles. The summed E-state index contributed by atoms with van der Waals surface area (Å²) in [4.78, 5) is 0. The van der Waals surface area contributed by atoms with Crippen LogP contribution in [-0.2, 0) is 0 Å². The Morgan fingerprint density at radius 1 is 0.667 bits per heavy atom. The molecule has 0 unspecified atom stereocenters. The van der Waals surface area contributed by atoms with Gasteiger partial charge in [0.25, 0.3) is 0 Å². The minimum absolute atomic E-state index is 1.19. The highest BCUT2D eigenvalue weighted by Crippen LogP contribution is 2.13. The molecule has 0 aromatic carbocycles. The van der Waals surface area contributed by atoms with Crippen molar-refractivity contribution in [2.45, 2.75) is 85.5 Å². The van der Waals surface area contributed by atoms with E-state index >= 15 is 0 Å². The van der Waals surface area contributed by atoms with Gasteiger partial charge in [-0.05, 0) is 77.1 Å². The molecule has 0 bridgehead atoms. The van der Waals surface area contributed by atoms with Crippen molar-refractivity contribution >= 4 is 22.6 Å². The van der Waals surface area contributed by atoms with Gasteiger partial charge in [-0.25, -0.2) is 0 Å². The molecule has 0 saturated carbocycles. The standard InChI is InChI=1S/C20H35I/c1-18(2)12-10-14-20(4)16-11-15-19(3)13-8-6-5-7-9-17-21/h12-13,16H,5-11,14-15,17H2,1-4H3. The molecule has 0 spiro atoms. The monoisotopic (exact) mass is 402 g/mol. The van der Waals surface area contributed by atoms with Crippen molar-refractivity contribution in [3.05, 3.63) is 34.9 Å². The highest BCUT2D eigenvalue weighted by Gasteiger charge is 1.93. The molecule has 1 heteroatoms. The molecular formula is C20H35I. The molecule has 0 rings (SSSR count).